The molecular formula is C26H30N4O. The molecule has 2 saturated heterocycles. The van der Waals surface area contributed by atoms with Crippen molar-refractivity contribution in [2.75, 3.05) is 19.6 Å². The topological polar surface area (TPSA) is 57.3 Å². The lowest BCUT2D eigenvalue weighted by Crippen LogP contribution is -2.45. The van der Waals surface area contributed by atoms with Gasteiger partial charge < -0.3 is 4.90 Å². The molecule has 2 unspecified atom stereocenters. The van der Waals surface area contributed by atoms with Crippen molar-refractivity contribution >= 4 is 16.8 Å². The van der Waals surface area contributed by atoms with E-state index in [1.165, 1.54) is 11.1 Å². The lowest BCUT2D eigenvalue weighted by atomic mass is 9.79. The van der Waals surface area contributed by atoms with Crippen LogP contribution in [0.3, 0.4) is 0 Å². The Morgan fingerprint density at radius 2 is 1.77 bits per heavy atom. The maximum Gasteiger partial charge on any atom is 0.254 e. The number of aryl methyl sites for hydroxylation is 2. The SMILES string of the molecule is Cc1cc(C(=O)N2CCC(C3NNCC3c3ccccc3C)CC2)c2ccccc2n1. The number of fused-ring (bicyclic) bond motifs is 1. The maximum absolute atomic E-state index is 13.4. The van der Waals surface area contributed by atoms with E-state index in [1.807, 2.05) is 42.2 Å². The minimum absolute atomic E-state index is 0.133. The number of benzene rings is 2. The van der Waals surface area contributed by atoms with Crippen molar-refractivity contribution in [3.8, 4) is 0 Å². The largest absolute Gasteiger partial charge is 0.339 e. The average Bonchev–Trinajstić information content (AvgIpc) is 3.28. The number of hydrazine groups is 1. The number of para-hydroxylation sites is 1. The molecule has 3 aromatic rings. The van der Waals surface area contributed by atoms with Crippen molar-refractivity contribution in [2.24, 2.45) is 5.92 Å². The van der Waals surface area contributed by atoms with Gasteiger partial charge in [-0.1, -0.05) is 42.5 Å². The molecule has 0 aliphatic carbocycles. The highest BCUT2D eigenvalue weighted by molar-refractivity contribution is 6.06. The van der Waals surface area contributed by atoms with Gasteiger partial charge in [0, 0.05) is 42.7 Å². The molecule has 0 radical (unpaired) electrons. The first-order valence-corrected chi connectivity index (χ1v) is 11.3. The van der Waals surface area contributed by atoms with Gasteiger partial charge in [0.1, 0.15) is 0 Å². The number of pyridine rings is 1. The third-order valence-electron chi connectivity index (χ3n) is 7.02. The van der Waals surface area contributed by atoms with E-state index < -0.39 is 0 Å². The first-order valence-electron chi connectivity index (χ1n) is 11.3. The molecule has 5 rings (SSSR count). The molecule has 160 valence electrons. The molecule has 1 amide bonds. The summed E-state index contributed by atoms with van der Waals surface area (Å²) >= 11 is 0. The number of hydrogen-bond donors (Lipinski definition) is 2. The van der Waals surface area contributed by atoms with Crippen LogP contribution in [0.1, 0.15) is 45.9 Å². The molecule has 5 heteroatoms. The molecule has 31 heavy (non-hydrogen) atoms. The first-order chi connectivity index (χ1) is 15.1. The Bertz CT molecular complexity index is 1100. The van der Waals surface area contributed by atoms with Crippen LogP contribution in [0.25, 0.3) is 10.9 Å². The normalized spacial score (nSPS) is 22.2. The van der Waals surface area contributed by atoms with Crippen molar-refractivity contribution in [2.45, 2.75) is 38.6 Å². The van der Waals surface area contributed by atoms with Crippen LogP contribution < -0.4 is 10.9 Å². The van der Waals surface area contributed by atoms with Crippen LogP contribution in [0.4, 0.5) is 0 Å². The summed E-state index contributed by atoms with van der Waals surface area (Å²) in [5, 5.41) is 0.946. The molecule has 2 atom stereocenters. The van der Waals surface area contributed by atoms with Crippen LogP contribution in [0.2, 0.25) is 0 Å². The first kappa shape index (κ1) is 20.2. The summed E-state index contributed by atoms with van der Waals surface area (Å²) in [6.45, 7) is 6.72. The number of carbonyl (C=O) groups excluding carboxylic acids is 1. The molecule has 1 aromatic heterocycles. The fraction of sp³-hybridized carbons (Fsp3) is 0.385. The molecule has 2 fully saturated rings. The average molecular weight is 415 g/mol. The second-order valence-corrected chi connectivity index (χ2v) is 8.97. The van der Waals surface area contributed by atoms with Gasteiger partial charge in [-0.15, -0.1) is 0 Å². The van der Waals surface area contributed by atoms with Crippen LogP contribution in [-0.4, -0.2) is 41.5 Å². The predicted octanol–water partition coefficient (Wildman–Crippen LogP) is 3.96. The Hall–Kier alpha value is -2.76. The number of amides is 1. The van der Waals surface area contributed by atoms with Gasteiger partial charge >= 0.3 is 0 Å². The molecule has 5 nitrogen and oxygen atoms in total. The van der Waals surface area contributed by atoms with Crippen molar-refractivity contribution in [1.29, 1.82) is 0 Å². The van der Waals surface area contributed by atoms with E-state index in [9.17, 15) is 4.79 Å². The van der Waals surface area contributed by atoms with E-state index in [1.54, 1.807) is 0 Å². The van der Waals surface area contributed by atoms with Crippen LogP contribution in [-0.2, 0) is 0 Å². The van der Waals surface area contributed by atoms with E-state index in [0.717, 1.165) is 54.6 Å². The molecule has 2 N–H and O–H groups in total. The minimum Gasteiger partial charge on any atom is -0.339 e. The van der Waals surface area contributed by atoms with Crippen molar-refractivity contribution in [3.63, 3.8) is 0 Å². The summed E-state index contributed by atoms with van der Waals surface area (Å²) in [5.41, 5.74) is 12.3. The second-order valence-electron chi connectivity index (χ2n) is 8.97. The molecule has 2 aliphatic heterocycles. The summed E-state index contributed by atoms with van der Waals surface area (Å²) in [4.78, 5) is 20.0. The summed E-state index contributed by atoms with van der Waals surface area (Å²) in [7, 11) is 0. The lowest BCUT2D eigenvalue weighted by Gasteiger charge is -2.37. The molecule has 0 saturated carbocycles. The van der Waals surface area contributed by atoms with Crippen molar-refractivity contribution in [1.82, 2.24) is 20.7 Å². The van der Waals surface area contributed by atoms with Crippen LogP contribution >= 0.6 is 0 Å². The number of hydrogen-bond acceptors (Lipinski definition) is 4. The zero-order chi connectivity index (χ0) is 21.4. The van der Waals surface area contributed by atoms with Crippen molar-refractivity contribution in [3.05, 3.63) is 77.0 Å². The van der Waals surface area contributed by atoms with E-state index in [2.05, 4.69) is 47.0 Å². The Balaban J connectivity index is 1.31. The van der Waals surface area contributed by atoms with E-state index in [0.29, 0.717) is 17.9 Å². The fourth-order valence-electron chi connectivity index (χ4n) is 5.38. The summed E-state index contributed by atoms with van der Waals surface area (Å²) in [6, 6.07) is 19.0. The fourth-order valence-corrected chi connectivity index (χ4v) is 5.38. The van der Waals surface area contributed by atoms with Gasteiger partial charge in [0.25, 0.3) is 5.91 Å². The summed E-state index contributed by atoms with van der Waals surface area (Å²) in [5.74, 6) is 1.16. The quantitative estimate of drug-likeness (QED) is 0.681. The molecule has 0 spiro atoms. The number of carbonyl (C=O) groups is 1. The lowest BCUT2D eigenvalue weighted by molar-refractivity contribution is 0.0672. The van der Waals surface area contributed by atoms with E-state index >= 15 is 0 Å². The number of aromatic nitrogens is 1. The number of rotatable bonds is 3. The predicted molar refractivity (Wildman–Crippen MR) is 124 cm³/mol. The monoisotopic (exact) mass is 414 g/mol. The Kier molecular flexibility index (Phi) is 5.47. The van der Waals surface area contributed by atoms with Crippen LogP contribution in [0.15, 0.2) is 54.6 Å². The number of nitrogens with one attached hydrogen (secondary N) is 2. The van der Waals surface area contributed by atoms with Gasteiger partial charge in [-0.25, -0.2) is 0 Å². The molecular weight excluding hydrogens is 384 g/mol. The molecule has 2 aliphatic rings. The smallest absolute Gasteiger partial charge is 0.254 e. The summed E-state index contributed by atoms with van der Waals surface area (Å²) in [6.07, 6.45) is 2.05. The van der Waals surface area contributed by atoms with E-state index in [-0.39, 0.29) is 5.91 Å². The highest BCUT2D eigenvalue weighted by Gasteiger charge is 2.37. The Labute approximate surface area is 183 Å². The van der Waals surface area contributed by atoms with Gasteiger partial charge in [-0.3, -0.25) is 20.6 Å². The Morgan fingerprint density at radius 3 is 2.58 bits per heavy atom. The highest BCUT2D eigenvalue weighted by Crippen LogP contribution is 2.34. The zero-order valence-electron chi connectivity index (χ0n) is 18.3. The Morgan fingerprint density at radius 1 is 1.03 bits per heavy atom. The van der Waals surface area contributed by atoms with Crippen LogP contribution in [0.5, 0.6) is 0 Å². The minimum atomic E-state index is 0.133. The molecule has 2 aromatic carbocycles. The molecule has 3 heterocycles. The highest BCUT2D eigenvalue weighted by atomic mass is 16.2. The number of piperidine rings is 1. The molecule has 0 bridgehead atoms. The third kappa shape index (κ3) is 3.84. The van der Waals surface area contributed by atoms with Gasteiger partial charge in [0.15, 0.2) is 0 Å². The van der Waals surface area contributed by atoms with Gasteiger partial charge in [0.2, 0.25) is 0 Å². The van der Waals surface area contributed by atoms with Gasteiger partial charge in [-0.05, 0) is 55.9 Å². The standard InChI is InChI=1S/C26H30N4O/c1-17-7-3-4-8-20(17)23-16-27-29-25(23)19-11-13-30(14-12-19)26(31)22-15-18(2)28-24-10-6-5-9-21(22)24/h3-10,15,19,23,25,27,29H,11-14,16H2,1-2H3. The van der Waals surface area contributed by atoms with Gasteiger partial charge in [0.05, 0.1) is 11.1 Å². The van der Waals surface area contributed by atoms with Crippen LogP contribution in [0, 0.1) is 19.8 Å². The second kappa shape index (κ2) is 8.40. The zero-order valence-corrected chi connectivity index (χ0v) is 18.3. The third-order valence-corrected chi connectivity index (χ3v) is 7.02. The van der Waals surface area contributed by atoms with E-state index in [4.69, 9.17) is 0 Å². The maximum atomic E-state index is 13.4. The van der Waals surface area contributed by atoms with Gasteiger partial charge in [-0.2, -0.15) is 0 Å². The number of likely N-dealkylation sites (tertiary alicyclic amines) is 1. The van der Waals surface area contributed by atoms with Crippen molar-refractivity contribution < 1.29 is 4.79 Å². The summed E-state index contributed by atoms with van der Waals surface area (Å²) < 4.78 is 0. The number of nitrogens with zero attached hydrogens (tertiary/aromatic N) is 2.